The molecular formula is C15H26ClNO3. The SMILES string of the molecule is COc1cc(OC)c([C@@H](N)CCC(C)C)c(OC)c1.Cl. The van der Waals surface area contributed by atoms with Gasteiger partial charge in [-0.15, -0.1) is 12.4 Å². The monoisotopic (exact) mass is 303 g/mol. The van der Waals surface area contributed by atoms with Crippen molar-refractivity contribution in [3.8, 4) is 17.2 Å². The van der Waals surface area contributed by atoms with E-state index in [2.05, 4.69) is 13.8 Å². The molecule has 4 nitrogen and oxygen atoms in total. The molecule has 1 atom stereocenters. The number of halogens is 1. The second-order valence-electron chi connectivity index (χ2n) is 5.02. The molecule has 1 aromatic carbocycles. The summed E-state index contributed by atoms with van der Waals surface area (Å²) < 4.78 is 16.1. The summed E-state index contributed by atoms with van der Waals surface area (Å²) in [6.45, 7) is 4.38. The van der Waals surface area contributed by atoms with Crippen LogP contribution < -0.4 is 19.9 Å². The second kappa shape index (κ2) is 8.93. The van der Waals surface area contributed by atoms with Crippen molar-refractivity contribution in [2.75, 3.05) is 21.3 Å². The molecule has 0 aliphatic rings. The van der Waals surface area contributed by atoms with Crippen LogP contribution in [0, 0.1) is 5.92 Å². The van der Waals surface area contributed by atoms with Gasteiger partial charge in [0.25, 0.3) is 0 Å². The lowest BCUT2D eigenvalue weighted by Crippen LogP contribution is -2.14. The lowest BCUT2D eigenvalue weighted by molar-refractivity contribution is 0.360. The molecule has 0 aliphatic heterocycles. The summed E-state index contributed by atoms with van der Waals surface area (Å²) in [6.07, 6.45) is 1.97. The molecule has 0 heterocycles. The third-order valence-corrected chi connectivity index (χ3v) is 3.18. The van der Waals surface area contributed by atoms with Gasteiger partial charge in [0, 0.05) is 18.2 Å². The van der Waals surface area contributed by atoms with Crippen molar-refractivity contribution in [3.05, 3.63) is 17.7 Å². The summed E-state index contributed by atoms with van der Waals surface area (Å²) in [6, 6.07) is 3.58. The van der Waals surface area contributed by atoms with E-state index in [0.717, 1.165) is 18.4 Å². The van der Waals surface area contributed by atoms with Crippen molar-refractivity contribution in [3.63, 3.8) is 0 Å². The summed E-state index contributed by atoms with van der Waals surface area (Å²) in [5, 5.41) is 0. The van der Waals surface area contributed by atoms with E-state index in [1.807, 2.05) is 12.1 Å². The topological polar surface area (TPSA) is 53.7 Å². The maximum atomic E-state index is 6.29. The van der Waals surface area contributed by atoms with Gasteiger partial charge < -0.3 is 19.9 Å². The first kappa shape index (κ1) is 18.9. The molecule has 0 unspecified atom stereocenters. The molecule has 0 spiro atoms. The lowest BCUT2D eigenvalue weighted by Gasteiger charge is -2.20. The maximum absolute atomic E-state index is 6.29. The standard InChI is InChI=1S/C15H25NO3.ClH/c1-10(2)6-7-12(16)15-13(18-4)8-11(17-3)9-14(15)19-5;/h8-10,12H,6-7,16H2,1-5H3;1H/t12-;/m0./s1. The molecule has 0 saturated heterocycles. The highest BCUT2D eigenvalue weighted by atomic mass is 35.5. The van der Waals surface area contributed by atoms with Gasteiger partial charge in [-0.05, 0) is 18.8 Å². The van der Waals surface area contributed by atoms with Gasteiger partial charge in [0.2, 0.25) is 0 Å². The molecular weight excluding hydrogens is 278 g/mol. The van der Waals surface area contributed by atoms with E-state index in [-0.39, 0.29) is 18.4 Å². The fourth-order valence-corrected chi connectivity index (χ4v) is 2.06. The van der Waals surface area contributed by atoms with Gasteiger partial charge in [-0.2, -0.15) is 0 Å². The Balaban J connectivity index is 0.00000361. The molecule has 0 aromatic heterocycles. The third-order valence-electron chi connectivity index (χ3n) is 3.18. The van der Waals surface area contributed by atoms with Crippen LogP contribution in [0.2, 0.25) is 0 Å². The summed E-state index contributed by atoms with van der Waals surface area (Å²) >= 11 is 0. The average molecular weight is 304 g/mol. The van der Waals surface area contributed by atoms with Crippen molar-refractivity contribution < 1.29 is 14.2 Å². The molecule has 1 aromatic rings. The van der Waals surface area contributed by atoms with Gasteiger partial charge in [-0.3, -0.25) is 0 Å². The van der Waals surface area contributed by atoms with Crippen LogP contribution in [0.25, 0.3) is 0 Å². The normalized spacial score (nSPS) is 11.8. The number of methoxy groups -OCH3 is 3. The van der Waals surface area contributed by atoms with E-state index >= 15 is 0 Å². The zero-order chi connectivity index (χ0) is 14.4. The first-order valence-corrected chi connectivity index (χ1v) is 6.59. The minimum atomic E-state index is -0.0989. The molecule has 1 rings (SSSR count). The molecule has 0 amide bonds. The van der Waals surface area contributed by atoms with Crippen molar-refractivity contribution in [2.45, 2.75) is 32.7 Å². The van der Waals surface area contributed by atoms with Crippen LogP contribution in [0.1, 0.15) is 38.3 Å². The Kier molecular flexibility index (Phi) is 8.42. The minimum Gasteiger partial charge on any atom is -0.496 e. The fraction of sp³-hybridized carbons (Fsp3) is 0.600. The Morgan fingerprint density at radius 1 is 0.950 bits per heavy atom. The summed E-state index contributed by atoms with van der Waals surface area (Å²) in [5.41, 5.74) is 7.20. The van der Waals surface area contributed by atoms with Crippen molar-refractivity contribution in [1.82, 2.24) is 0 Å². The summed E-state index contributed by atoms with van der Waals surface area (Å²) in [4.78, 5) is 0. The summed E-state index contributed by atoms with van der Waals surface area (Å²) in [5.74, 6) is 2.76. The van der Waals surface area contributed by atoms with Crippen molar-refractivity contribution >= 4 is 12.4 Å². The van der Waals surface area contributed by atoms with E-state index in [0.29, 0.717) is 23.2 Å². The number of ether oxygens (including phenoxy) is 3. The van der Waals surface area contributed by atoms with Gasteiger partial charge in [0.1, 0.15) is 17.2 Å². The molecule has 0 saturated carbocycles. The number of rotatable bonds is 7. The maximum Gasteiger partial charge on any atom is 0.131 e. The quantitative estimate of drug-likeness (QED) is 0.836. The highest BCUT2D eigenvalue weighted by Gasteiger charge is 2.19. The predicted molar refractivity (Wildman–Crippen MR) is 84.3 cm³/mol. The van der Waals surface area contributed by atoms with Crippen LogP contribution in [0.4, 0.5) is 0 Å². The van der Waals surface area contributed by atoms with Crippen LogP contribution in [0.5, 0.6) is 17.2 Å². The highest BCUT2D eigenvalue weighted by Crippen LogP contribution is 2.39. The minimum absolute atomic E-state index is 0. The van der Waals surface area contributed by atoms with Crippen LogP contribution in [-0.2, 0) is 0 Å². The van der Waals surface area contributed by atoms with E-state index in [9.17, 15) is 0 Å². The van der Waals surface area contributed by atoms with Crippen LogP contribution >= 0.6 is 12.4 Å². The molecule has 0 bridgehead atoms. The fourth-order valence-electron chi connectivity index (χ4n) is 2.06. The Labute approximate surface area is 128 Å². The summed E-state index contributed by atoms with van der Waals surface area (Å²) in [7, 11) is 4.88. The number of benzene rings is 1. The first-order chi connectivity index (χ1) is 9.03. The van der Waals surface area contributed by atoms with E-state index in [1.54, 1.807) is 21.3 Å². The van der Waals surface area contributed by atoms with E-state index < -0.39 is 0 Å². The number of nitrogens with two attached hydrogens (primary N) is 1. The molecule has 5 heteroatoms. The van der Waals surface area contributed by atoms with E-state index in [1.165, 1.54) is 0 Å². The zero-order valence-corrected chi connectivity index (χ0v) is 13.8. The van der Waals surface area contributed by atoms with Gasteiger partial charge >= 0.3 is 0 Å². The van der Waals surface area contributed by atoms with Gasteiger partial charge in [-0.25, -0.2) is 0 Å². The Hall–Kier alpha value is -1.13. The number of hydrogen-bond acceptors (Lipinski definition) is 4. The van der Waals surface area contributed by atoms with Crippen molar-refractivity contribution in [1.29, 1.82) is 0 Å². The first-order valence-electron chi connectivity index (χ1n) is 6.59. The van der Waals surface area contributed by atoms with Crippen molar-refractivity contribution in [2.24, 2.45) is 11.7 Å². The van der Waals surface area contributed by atoms with Gasteiger partial charge in [0.15, 0.2) is 0 Å². The Bertz CT molecular complexity index is 385. The Morgan fingerprint density at radius 3 is 1.80 bits per heavy atom. The Morgan fingerprint density at radius 2 is 1.45 bits per heavy atom. The van der Waals surface area contributed by atoms with Gasteiger partial charge in [0.05, 0.1) is 26.9 Å². The molecule has 20 heavy (non-hydrogen) atoms. The van der Waals surface area contributed by atoms with E-state index in [4.69, 9.17) is 19.9 Å². The highest BCUT2D eigenvalue weighted by molar-refractivity contribution is 5.85. The van der Waals surface area contributed by atoms with Gasteiger partial charge in [-0.1, -0.05) is 13.8 Å². The predicted octanol–water partition coefficient (Wildman–Crippen LogP) is 3.57. The average Bonchev–Trinajstić information content (AvgIpc) is 2.42. The second-order valence-corrected chi connectivity index (χ2v) is 5.02. The third kappa shape index (κ3) is 4.76. The van der Waals surface area contributed by atoms with Crippen LogP contribution in [-0.4, -0.2) is 21.3 Å². The molecule has 116 valence electrons. The molecule has 2 N–H and O–H groups in total. The lowest BCUT2D eigenvalue weighted by atomic mass is 9.96. The smallest absolute Gasteiger partial charge is 0.131 e. The number of hydrogen-bond donors (Lipinski definition) is 1. The molecule has 0 radical (unpaired) electrons. The largest absolute Gasteiger partial charge is 0.496 e. The molecule has 0 aliphatic carbocycles. The van der Waals surface area contributed by atoms with Crippen LogP contribution in [0.3, 0.4) is 0 Å². The zero-order valence-electron chi connectivity index (χ0n) is 12.9. The van der Waals surface area contributed by atoms with Crippen LogP contribution in [0.15, 0.2) is 12.1 Å². The molecule has 0 fully saturated rings.